The summed E-state index contributed by atoms with van der Waals surface area (Å²) in [5.74, 6) is -1.31. The zero-order valence-corrected chi connectivity index (χ0v) is 22.5. The van der Waals surface area contributed by atoms with Gasteiger partial charge < -0.3 is 19.9 Å². The van der Waals surface area contributed by atoms with E-state index < -0.39 is 29.7 Å². The van der Waals surface area contributed by atoms with Crippen molar-refractivity contribution in [2.75, 3.05) is 5.32 Å². The van der Waals surface area contributed by atoms with Crippen LogP contribution >= 0.6 is 0 Å². The van der Waals surface area contributed by atoms with Crippen molar-refractivity contribution in [1.82, 2.24) is 5.32 Å². The van der Waals surface area contributed by atoms with E-state index in [-0.39, 0.29) is 12.1 Å². The van der Waals surface area contributed by atoms with E-state index in [1.165, 1.54) is 0 Å². The van der Waals surface area contributed by atoms with Crippen molar-refractivity contribution in [2.24, 2.45) is 5.92 Å². The Kier molecular flexibility index (Phi) is 9.93. The Morgan fingerprint density at radius 3 is 2.34 bits per heavy atom. The molecule has 0 heterocycles. The van der Waals surface area contributed by atoms with E-state index in [9.17, 15) is 14.4 Å². The third-order valence-electron chi connectivity index (χ3n) is 6.26. The van der Waals surface area contributed by atoms with Gasteiger partial charge in [0.2, 0.25) is 0 Å². The van der Waals surface area contributed by atoms with Crippen molar-refractivity contribution in [3.63, 3.8) is 0 Å². The van der Waals surface area contributed by atoms with E-state index in [2.05, 4.69) is 10.6 Å². The lowest BCUT2D eigenvalue weighted by molar-refractivity contribution is -0.140. The lowest BCUT2D eigenvalue weighted by Crippen LogP contribution is -2.42. The average Bonchev–Trinajstić information content (AvgIpc) is 2.84. The number of nitrogens with one attached hydrogen (secondary N) is 2. The number of rotatable bonds is 8. The largest absolute Gasteiger partial charge is 0.481 e. The number of hydrogen-bond acceptors (Lipinski definition) is 5. The van der Waals surface area contributed by atoms with Crippen LogP contribution in [0.15, 0.2) is 54.6 Å². The van der Waals surface area contributed by atoms with Gasteiger partial charge in [-0.3, -0.25) is 10.1 Å². The van der Waals surface area contributed by atoms with Gasteiger partial charge in [-0.15, -0.1) is 0 Å². The van der Waals surface area contributed by atoms with Crippen molar-refractivity contribution >= 4 is 29.9 Å². The zero-order valence-electron chi connectivity index (χ0n) is 22.5. The van der Waals surface area contributed by atoms with E-state index >= 15 is 0 Å². The molecule has 0 radical (unpaired) electrons. The van der Waals surface area contributed by atoms with Crippen LogP contribution in [0.1, 0.15) is 65.4 Å². The van der Waals surface area contributed by atoms with Crippen molar-refractivity contribution in [1.29, 1.82) is 0 Å². The normalized spacial score (nSPS) is 18.4. The topological polar surface area (TPSA) is 114 Å². The second kappa shape index (κ2) is 13.1. The van der Waals surface area contributed by atoms with Gasteiger partial charge in [-0.25, -0.2) is 9.59 Å². The van der Waals surface area contributed by atoms with Crippen LogP contribution in [0.2, 0.25) is 0 Å². The first-order valence-electron chi connectivity index (χ1n) is 13.1. The van der Waals surface area contributed by atoms with Crippen LogP contribution in [0.4, 0.5) is 15.3 Å². The number of carboxylic acid groups (broad SMARTS) is 1. The first-order chi connectivity index (χ1) is 18.0. The van der Waals surface area contributed by atoms with E-state index in [4.69, 9.17) is 14.6 Å². The minimum absolute atomic E-state index is 0.00948. The number of carbonyl (C=O) groups is 3. The molecule has 1 aliphatic carbocycles. The molecule has 2 aromatic rings. The number of aliphatic carboxylic acids is 1. The van der Waals surface area contributed by atoms with Crippen molar-refractivity contribution in [3.05, 3.63) is 60.2 Å². The summed E-state index contributed by atoms with van der Waals surface area (Å²) < 4.78 is 11.0. The molecule has 1 unspecified atom stereocenters. The third kappa shape index (κ3) is 9.25. The number of benzene rings is 2. The number of amides is 2. The van der Waals surface area contributed by atoms with Crippen molar-refractivity contribution < 1.29 is 29.0 Å². The molecular weight excluding hydrogens is 484 g/mol. The number of hydrogen-bond donors (Lipinski definition) is 3. The van der Waals surface area contributed by atoms with Crippen LogP contribution in [-0.2, 0) is 14.3 Å². The van der Waals surface area contributed by atoms with E-state index in [0.717, 1.165) is 16.7 Å². The summed E-state index contributed by atoms with van der Waals surface area (Å²) >= 11 is 0. The molecule has 1 fully saturated rings. The summed E-state index contributed by atoms with van der Waals surface area (Å²) in [7, 11) is 0. The molecule has 38 heavy (non-hydrogen) atoms. The van der Waals surface area contributed by atoms with Gasteiger partial charge in [-0.1, -0.05) is 61.5 Å². The molecule has 1 aliphatic rings. The molecule has 8 nitrogen and oxygen atoms in total. The maximum atomic E-state index is 12.9. The van der Waals surface area contributed by atoms with E-state index in [1.54, 1.807) is 6.92 Å². The highest BCUT2D eigenvalue weighted by Gasteiger charge is 2.27. The van der Waals surface area contributed by atoms with Crippen LogP contribution in [0.3, 0.4) is 0 Å². The maximum absolute atomic E-state index is 12.9. The monoisotopic (exact) mass is 522 g/mol. The molecule has 0 aromatic heterocycles. The highest BCUT2D eigenvalue weighted by Crippen LogP contribution is 2.30. The second-order valence-electron chi connectivity index (χ2n) is 10.7. The molecule has 204 valence electrons. The summed E-state index contributed by atoms with van der Waals surface area (Å²) in [4.78, 5) is 36.0. The third-order valence-corrected chi connectivity index (χ3v) is 6.26. The predicted octanol–water partition coefficient (Wildman–Crippen LogP) is 6.86. The fourth-order valence-electron chi connectivity index (χ4n) is 4.24. The lowest BCUT2D eigenvalue weighted by atomic mass is 9.93. The minimum Gasteiger partial charge on any atom is -0.481 e. The number of anilines is 1. The van der Waals surface area contributed by atoms with Crippen LogP contribution in [-0.4, -0.2) is 41.0 Å². The molecule has 2 aromatic carbocycles. The molecule has 0 saturated heterocycles. The quantitative estimate of drug-likeness (QED) is 0.349. The average molecular weight is 523 g/mol. The van der Waals surface area contributed by atoms with Gasteiger partial charge in [-0.05, 0) is 70.1 Å². The first-order valence-corrected chi connectivity index (χ1v) is 13.1. The molecule has 1 saturated carbocycles. The Balaban J connectivity index is 1.62. The fourth-order valence-corrected chi connectivity index (χ4v) is 4.24. The molecule has 0 aliphatic heterocycles. The summed E-state index contributed by atoms with van der Waals surface area (Å²) in [6.07, 6.45) is 5.55. The van der Waals surface area contributed by atoms with Gasteiger partial charge in [0.15, 0.2) is 0 Å². The molecule has 1 atom stereocenters. The molecule has 0 bridgehead atoms. The van der Waals surface area contributed by atoms with E-state index in [1.807, 2.05) is 81.5 Å². The van der Waals surface area contributed by atoms with Crippen LogP contribution < -0.4 is 10.6 Å². The van der Waals surface area contributed by atoms with Gasteiger partial charge >= 0.3 is 18.2 Å². The molecule has 3 rings (SSSR count). The number of alkyl carbamates (subject to hydrolysis) is 1. The van der Waals surface area contributed by atoms with Crippen LogP contribution in [0, 0.1) is 5.92 Å². The standard InChI is InChI=1S/C30H38N2O6/c1-20(27(33)34)9-8-10-21-13-18-25(22-11-6-5-7-12-22)26(19-21)32-28(35)37-24-16-14-23(15-17-24)31-29(36)38-30(2,3)4/h5-8,10-13,18-20,23-24H,9,14-17H2,1-4H3,(H,31,36)(H,32,35)(H,33,34). The number of carbonyl (C=O) groups excluding carboxylic acids is 2. The van der Waals surface area contributed by atoms with Gasteiger partial charge in [0.25, 0.3) is 0 Å². The molecule has 2 amide bonds. The summed E-state index contributed by atoms with van der Waals surface area (Å²) in [5, 5.41) is 14.9. The van der Waals surface area contributed by atoms with Gasteiger partial charge in [-0.2, -0.15) is 0 Å². The molecule has 3 N–H and O–H groups in total. The summed E-state index contributed by atoms with van der Waals surface area (Å²) in [6, 6.07) is 15.4. The Bertz CT molecular complexity index is 1130. The summed E-state index contributed by atoms with van der Waals surface area (Å²) in [5.41, 5.74) is 2.70. The van der Waals surface area contributed by atoms with Gasteiger partial charge in [0.05, 0.1) is 11.6 Å². The molecule has 8 heteroatoms. The van der Waals surface area contributed by atoms with Crippen LogP contribution in [0.5, 0.6) is 0 Å². The predicted molar refractivity (Wildman–Crippen MR) is 148 cm³/mol. The zero-order chi connectivity index (χ0) is 27.7. The molecule has 0 spiro atoms. The summed E-state index contributed by atoms with van der Waals surface area (Å²) in [6.45, 7) is 7.14. The van der Waals surface area contributed by atoms with Gasteiger partial charge in [0.1, 0.15) is 11.7 Å². The number of carboxylic acids is 1. The SMILES string of the molecule is CC(CC=Cc1ccc(-c2ccccc2)c(NC(=O)OC2CCC(NC(=O)OC(C)(C)C)CC2)c1)C(=O)O. The first kappa shape index (κ1) is 28.8. The van der Waals surface area contributed by atoms with E-state index in [0.29, 0.717) is 37.8 Å². The van der Waals surface area contributed by atoms with Crippen molar-refractivity contribution in [3.8, 4) is 11.1 Å². The minimum atomic E-state index is -0.839. The molecular formula is C30H38N2O6. The van der Waals surface area contributed by atoms with Gasteiger partial charge in [0, 0.05) is 11.6 Å². The smallest absolute Gasteiger partial charge is 0.411 e. The second-order valence-corrected chi connectivity index (χ2v) is 10.7. The Hall–Kier alpha value is -3.81. The Morgan fingerprint density at radius 2 is 1.71 bits per heavy atom. The maximum Gasteiger partial charge on any atom is 0.411 e. The fraction of sp³-hybridized carbons (Fsp3) is 0.433. The van der Waals surface area contributed by atoms with Crippen molar-refractivity contribution in [2.45, 2.75) is 77.5 Å². The Labute approximate surface area is 224 Å². The highest BCUT2D eigenvalue weighted by atomic mass is 16.6. The Morgan fingerprint density at radius 1 is 1.03 bits per heavy atom. The highest BCUT2D eigenvalue weighted by molar-refractivity contribution is 5.92. The lowest BCUT2D eigenvalue weighted by Gasteiger charge is -2.30. The number of allylic oxidation sites excluding steroid dienone is 1. The number of ether oxygens (including phenoxy) is 2. The van der Waals surface area contributed by atoms with Crippen LogP contribution in [0.25, 0.3) is 17.2 Å².